The number of carbonyl (C=O) groups excluding carboxylic acids is 1. The summed E-state index contributed by atoms with van der Waals surface area (Å²) in [7, 11) is 0. The van der Waals surface area contributed by atoms with Crippen molar-refractivity contribution >= 4 is 16.7 Å². The maximum Gasteiger partial charge on any atom is 0.263 e. The Balaban J connectivity index is 2.30. The van der Waals surface area contributed by atoms with Gasteiger partial charge in [0.2, 0.25) is 5.78 Å². The van der Waals surface area contributed by atoms with Gasteiger partial charge in [0.15, 0.2) is 0 Å². The van der Waals surface area contributed by atoms with E-state index in [1.807, 2.05) is 13.0 Å². The van der Waals surface area contributed by atoms with Gasteiger partial charge in [-0.2, -0.15) is 0 Å². The van der Waals surface area contributed by atoms with Crippen molar-refractivity contribution in [3.05, 3.63) is 75.6 Å². The van der Waals surface area contributed by atoms with Gasteiger partial charge >= 0.3 is 0 Å². The minimum absolute atomic E-state index is 0.223. The third kappa shape index (κ3) is 2.10. The lowest BCUT2D eigenvalue weighted by Gasteiger charge is -2.08. The van der Waals surface area contributed by atoms with Crippen molar-refractivity contribution in [3.8, 4) is 5.75 Å². The van der Waals surface area contributed by atoms with Crippen molar-refractivity contribution in [1.29, 1.82) is 0 Å². The van der Waals surface area contributed by atoms with Crippen molar-refractivity contribution in [2.45, 2.75) is 6.92 Å². The van der Waals surface area contributed by atoms with E-state index in [0.29, 0.717) is 16.5 Å². The normalized spacial score (nSPS) is 10.7. The Kier molecular flexibility index (Phi) is 3.06. The second-order valence-corrected chi connectivity index (χ2v) is 4.87. The van der Waals surface area contributed by atoms with Crippen LogP contribution in [-0.4, -0.2) is 15.9 Å². The monoisotopic (exact) mass is 279 g/mol. The largest absolute Gasteiger partial charge is 0.506 e. The Morgan fingerprint density at radius 2 is 1.76 bits per heavy atom. The number of rotatable bonds is 2. The molecule has 2 N–H and O–H groups in total. The van der Waals surface area contributed by atoms with Gasteiger partial charge in [-0.15, -0.1) is 0 Å². The molecule has 3 aromatic rings. The average molecular weight is 279 g/mol. The van der Waals surface area contributed by atoms with Gasteiger partial charge in [0.1, 0.15) is 11.3 Å². The summed E-state index contributed by atoms with van der Waals surface area (Å²) in [4.78, 5) is 27.3. The Morgan fingerprint density at radius 1 is 1.05 bits per heavy atom. The number of pyridine rings is 1. The molecule has 0 amide bonds. The molecule has 0 bridgehead atoms. The fourth-order valence-corrected chi connectivity index (χ4v) is 2.39. The fourth-order valence-electron chi connectivity index (χ4n) is 2.39. The predicted molar refractivity (Wildman–Crippen MR) is 80.8 cm³/mol. The maximum absolute atomic E-state index is 12.4. The van der Waals surface area contributed by atoms with E-state index in [0.717, 1.165) is 5.56 Å². The van der Waals surface area contributed by atoms with E-state index in [-0.39, 0.29) is 11.3 Å². The van der Waals surface area contributed by atoms with Crippen molar-refractivity contribution in [3.63, 3.8) is 0 Å². The van der Waals surface area contributed by atoms with Gasteiger partial charge in [-0.25, -0.2) is 0 Å². The zero-order valence-corrected chi connectivity index (χ0v) is 11.4. The van der Waals surface area contributed by atoms with Crippen LogP contribution in [0.2, 0.25) is 0 Å². The molecule has 0 aliphatic carbocycles. The van der Waals surface area contributed by atoms with Crippen LogP contribution in [0.3, 0.4) is 0 Å². The topological polar surface area (TPSA) is 70.2 Å². The van der Waals surface area contributed by atoms with Crippen molar-refractivity contribution in [1.82, 2.24) is 4.98 Å². The van der Waals surface area contributed by atoms with Gasteiger partial charge < -0.3 is 10.1 Å². The molecule has 0 unspecified atom stereocenters. The summed E-state index contributed by atoms with van der Waals surface area (Å²) in [5.41, 5.74) is 0.941. The van der Waals surface area contributed by atoms with Crippen molar-refractivity contribution in [2.75, 3.05) is 0 Å². The smallest absolute Gasteiger partial charge is 0.263 e. The Labute approximate surface area is 120 Å². The van der Waals surface area contributed by atoms with Gasteiger partial charge in [0, 0.05) is 10.9 Å². The lowest BCUT2D eigenvalue weighted by Crippen LogP contribution is -2.19. The highest BCUT2D eigenvalue weighted by molar-refractivity contribution is 6.12. The van der Waals surface area contributed by atoms with Crippen LogP contribution < -0.4 is 5.56 Å². The fraction of sp³-hybridized carbons (Fsp3) is 0.0588. The number of nitrogens with one attached hydrogen (secondary N) is 1. The first-order chi connectivity index (χ1) is 10.1. The van der Waals surface area contributed by atoms with Gasteiger partial charge in [-0.1, -0.05) is 42.5 Å². The molecule has 21 heavy (non-hydrogen) atoms. The second-order valence-electron chi connectivity index (χ2n) is 4.87. The first-order valence-electron chi connectivity index (χ1n) is 6.54. The summed E-state index contributed by atoms with van der Waals surface area (Å²) in [5.74, 6) is -0.760. The first-order valence-corrected chi connectivity index (χ1v) is 6.54. The molecule has 0 aliphatic heterocycles. The minimum atomic E-state index is -0.580. The summed E-state index contributed by atoms with van der Waals surface area (Å²) >= 11 is 0. The molecule has 4 heteroatoms. The van der Waals surface area contributed by atoms with Gasteiger partial charge in [0.25, 0.3) is 5.56 Å². The first kappa shape index (κ1) is 13.1. The van der Waals surface area contributed by atoms with Crippen LogP contribution in [0.4, 0.5) is 0 Å². The molecule has 0 radical (unpaired) electrons. The zero-order valence-electron chi connectivity index (χ0n) is 11.4. The van der Waals surface area contributed by atoms with E-state index in [1.165, 1.54) is 0 Å². The van der Waals surface area contributed by atoms with Crippen LogP contribution in [-0.2, 0) is 0 Å². The molecule has 2 aromatic carbocycles. The molecule has 1 aromatic heterocycles. The number of aryl methyl sites for hydroxylation is 1. The summed E-state index contributed by atoms with van der Waals surface area (Å²) in [5, 5.41) is 10.8. The third-order valence-corrected chi connectivity index (χ3v) is 3.49. The van der Waals surface area contributed by atoms with Crippen LogP contribution in [0.25, 0.3) is 10.9 Å². The highest BCUT2D eigenvalue weighted by Crippen LogP contribution is 2.27. The van der Waals surface area contributed by atoms with E-state index in [2.05, 4.69) is 4.98 Å². The lowest BCUT2D eigenvalue weighted by molar-refractivity contribution is 0.103. The van der Waals surface area contributed by atoms with Crippen LogP contribution >= 0.6 is 0 Å². The van der Waals surface area contributed by atoms with E-state index in [4.69, 9.17) is 0 Å². The molecular formula is C17H13NO3. The molecule has 0 atom stereocenters. The Morgan fingerprint density at radius 3 is 2.48 bits per heavy atom. The standard InChI is InChI=1S/C17H13NO3/c1-10-6-5-9-12-14(10)18-17(21)13(16(12)20)15(19)11-7-3-2-4-8-11/h2-9H,1H3,(H2,18,20,21). The number of ketones is 1. The third-order valence-electron chi connectivity index (χ3n) is 3.49. The average Bonchev–Trinajstić information content (AvgIpc) is 2.49. The van der Waals surface area contributed by atoms with Crippen LogP contribution in [0, 0.1) is 6.92 Å². The summed E-state index contributed by atoms with van der Waals surface area (Å²) in [6.07, 6.45) is 0. The van der Waals surface area contributed by atoms with E-state index < -0.39 is 11.3 Å². The highest BCUT2D eigenvalue weighted by Gasteiger charge is 2.20. The van der Waals surface area contributed by atoms with Crippen molar-refractivity contribution in [2.24, 2.45) is 0 Å². The lowest BCUT2D eigenvalue weighted by atomic mass is 10.0. The van der Waals surface area contributed by atoms with Gasteiger partial charge in [-0.05, 0) is 18.6 Å². The highest BCUT2D eigenvalue weighted by atomic mass is 16.3. The molecular weight excluding hydrogens is 266 g/mol. The van der Waals surface area contributed by atoms with E-state index in [9.17, 15) is 14.7 Å². The number of aromatic nitrogens is 1. The Bertz CT molecular complexity index is 895. The number of carbonyl (C=O) groups is 1. The molecule has 1 heterocycles. The maximum atomic E-state index is 12.4. The molecule has 104 valence electrons. The van der Waals surface area contributed by atoms with E-state index >= 15 is 0 Å². The van der Waals surface area contributed by atoms with Crippen LogP contribution in [0.1, 0.15) is 21.5 Å². The van der Waals surface area contributed by atoms with Crippen LogP contribution in [0.15, 0.2) is 53.3 Å². The quantitative estimate of drug-likeness (QED) is 0.709. The predicted octanol–water partition coefficient (Wildman–Crippen LogP) is 2.77. The summed E-state index contributed by atoms with van der Waals surface area (Å²) < 4.78 is 0. The number of hydrogen-bond acceptors (Lipinski definition) is 3. The molecule has 0 saturated carbocycles. The second kappa shape index (κ2) is 4.90. The molecule has 3 rings (SSSR count). The SMILES string of the molecule is Cc1cccc2c(O)c(C(=O)c3ccccc3)c(=O)[nH]c12. The zero-order chi connectivity index (χ0) is 15.0. The minimum Gasteiger partial charge on any atom is -0.506 e. The molecule has 4 nitrogen and oxygen atoms in total. The number of aromatic amines is 1. The van der Waals surface area contributed by atoms with E-state index in [1.54, 1.807) is 42.5 Å². The number of H-pyrrole nitrogens is 1. The molecule has 0 saturated heterocycles. The number of fused-ring (bicyclic) bond motifs is 1. The molecule has 0 aliphatic rings. The molecule has 0 fully saturated rings. The number of para-hydroxylation sites is 1. The molecule has 0 spiro atoms. The number of aromatic hydroxyl groups is 1. The Hall–Kier alpha value is -2.88. The van der Waals surface area contributed by atoms with Gasteiger partial charge in [0.05, 0.1) is 5.52 Å². The number of hydrogen-bond donors (Lipinski definition) is 2. The summed E-state index contributed by atoms with van der Waals surface area (Å²) in [6.45, 7) is 1.83. The number of benzene rings is 2. The van der Waals surface area contributed by atoms with Gasteiger partial charge in [-0.3, -0.25) is 9.59 Å². The van der Waals surface area contributed by atoms with Crippen molar-refractivity contribution < 1.29 is 9.90 Å². The van der Waals surface area contributed by atoms with Crippen LogP contribution in [0.5, 0.6) is 5.75 Å². The summed E-state index contributed by atoms with van der Waals surface area (Å²) in [6, 6.07) is 13.7.